The van der Waals surface area contributed by atoms with E-state index in [9.17, 15) is 30.0 Å². The average Bonchev–Trinajstić information content (AvgIpc) is 2.68. The van der Waals surface area contributed by atoms with E-state index in [0.29, 0.717) is 6.29 Å². The van der Waals surface area contributed by atoms with Crippen molar-refractivity contribution in [2.45, 2.75) is 43.4 Å². The fourth-order valence-electron chi connectivity index (χ4n) is 3.13. The number of hydrogen-bond acceptors (Lipinski definition) is 10. The number of esters is 1. The number of carbonyl (C=O) groups is 2. The molecule has 0 saturated carbocycles. The van der Waals surface area contributed by atoms with Crippen molar-refractivity contribution in [2.75, 3.05) is 13.7 Å². The SMILES string of the molecule is C=C[C@@H]1[C@H](O[C@H]2O[C@@H](CO)[C@@H](O)[C@@H](O)[C@H]2O)OC=C(C(=O)OC)[C@H]1CC=O. The molecule has 1 saturated heterocycles. The lowest BCUT2D eigenvalue weighted by Gasteiger charge is -2.42. The zero-order valence-corrected chi connectivity index (χ0v) is 14.7. The molecule has 152 valence electrons. The van der Waals surface area contributed by atoms with Crippen molar-refractivity contribution in [3.05, 3.63) is 24.5 Å². The van der Waals surface area contributed by atoms with Gasteiger partial charge in [0.15, 0.2) is 6.29 Å². The molecule has 2 rings (SSSR count). The molecule has 0 bridgehead atoms. The van der Waals surface area contributed by atoms with Crippen molar-refractivity contribution in [3.8, 4) is 0 Å². The van der Waals surface area contributed by atoms with Gasteiger partial charge in [0.25, 0.3) is 0 Å². The van der Waals surface area contributed by atoms with Gasteiger partial charge in [0.05, 0.1) is 25.6 Å². The van der Waals surface area contributed by atoms with Crippen LogP contribution in [-0.4, -0.2) is 83.4 Å². The van der Waals surface area contributed by atoms with Crippen molar-refractivity contribution in [1.82, 2.24) is 0 Å². The van der Waals surface area contributed by atoms with Gasteiger partial charge in [-0.25, -0.2) is 4.79 Å². The van der Waals surface area contributed by atoms with Gasteiger partial charge in [-0.05, 0) is 0 Å². The first-order valence-corrected chi connectivity index (χ1v) is 8.35. The molecule has 0 spiro atoms. The van der Waals surface area contributed by atoms with E-state index in [1.165, 1.54) is 13.2 Å². The van der Waals surface area contributed by atoms with Crippen LogP contribution in [0, 0.1) is 11.8 Å². The van der Waals surface area contributed by atoms with Crippen LogP contribution in [-0.2, 0) is 28.5 Å². The zero-order valence-electron chi connectivity index (χ0n) is 14.7. The van der Waals surface area contributed by atoms with E-state index in [4.69, 9.17) is 14.2 Å². The standard InChI is InChI=1S/C17H24O10/c1-3-8-9(4-5-18)10(15(23)24-2)7-25-16(8)27-17-14(22)13(21)12(20)11(6-19)26-17/h3,5,7-9,11-14,16-17,19-22H,1,4,6H2,2H3/t8-,9-,11-,12+,13+,14+,16-,17+/m0/s1. The summed E-state index contributed by atoms with van der Waals surface area (Å²) in [6.45, 7) is 3.06. The van der Waals surface area contributed by atoms with Gasteiger partial charge in [-0.1, -0.05) is 6.08 Å². The second kappa shape index (κ2) is 9.40. The van der Waals surface area contributed by atoms with E-state index >= 15 is 0 Å². The molecule has 0 amide bonds. The number of ether oxygens (including phenoxy) is 4. The third-order valence-electron chi connectivity index (χ3n) is 4.67. The molecule has 1 fully saturated rings. The zero-order chi connectivity index (χ0) is 20.1. The Balaban J connectivity index is 2.22. The summed E-state index contributed by atoms with van der Waals surface area (Å²) in [6, 6.07) is 0. The Morgan fingerprint density at radius 2 is 1.96 bits per heavy atom. The summed E-state index contributed by atoms with van der Waals surface area (Å²) in [6.07, 6.45) is -5.31. The number of aliphatic hydroxyl groups is 4. The van der Waals surface area contributed by atoms with Gasteiger partial charge in [-0.2, -0.15) is 0 Å². The van der Waals surface area contributed by atoms with E-state index in [1.54, 1.807) is 0 Å². The highest BCUT2D eigenvalue weighted by molar-refractivity contribution is 5.89. The minimum absolute atomic E-state index is 0.0322. The van der Waals surface area contributed by atoms with E-state index in [2.05, 4.69) is 11.3 Å². The lowest BCUT2D eigenvalue weighted by Crippen LogP contribution is -2.60. The summed E-state index contributed by atoms with van der Waals surface area (Å²) in [5.41, 5.74) is 0.128. The molecule has 4 N–H and O–H groups in total. The third kappa shape index (κ3) is 4.37. The summed E-state index contributed by atoms with van der Waals surface area (Å²) in [4.78, 5) is 23.0. The molecule has 0 aliphatic carbocycles. The summed E-state index contributed by atoms with van der Waals surface area (Å²) in [5, 5.41) is 39.0. The predicted molar refractivity (Wildman–Crippen MR) is 87.7 cm³/mol. The van der Waals surface area contributed by atoms with Crippen LogP contribution in [0.5, 0.6) is 0 Å². The van der Waals surface area contributed by atoms with Crippen molar-refractivity contribution in [3.63, 3.8) is 0 Å². The highest BCUT2D eigenvalue weighted by atomic mass is 16.8. The number of carbonyl (C=O) groups excluding carboxylic acids is 2. The van der Waals surface area contributed by atoms with Crippen LogP contribution in [0.25, 0.3) is 0 Å². The molecular weight excluding hydrogens is 364 g/mol. The molecular formula is C17H24O10. The Kier molecular flexibility index (Phi) is 7.48. The van der Waals surface area contributed by atoms with Gasteiger partial charge < -0.3 is 44.2 Å². The first-order chi connectivity index (χ1) is 12.9. The maximum Gasteiger partial charge on any atom is 0.337 e. The van der Waals surface area contributed by atoms with Crippen LogP contribution in [0.1, 0.15) is 6.42 Å². The van der Waals surface area contributed by atoms with Crippen molar-refractivity contribution in [2.24, 2.45) is 11.8 Å². The number of hydrogen-bond donors (Lipinski definition) is 4. The summed E-state index contributed by atoms with van der Waals surface area (Å²) in [7, 11) is 1.20. The van der Waals surface area contributed by atoms with E-state index in [0.717, 1.165) is 6.26 Å². The van der Waals surface area contributed by atoms with Crippen LogP contribution in [0.3, 0.4) is 0 Å². The van der Waals surface area contributed by atoms with Crippen LogP contribution in [0.15, 0.2) is 24.5 Å². The Morgan fingerprint density at radius 1 is 1.26 bits per heavy atom. The maximum atomic E-state index is 11.9. The van der Waals surface area contributed by atoms with E-state index in [1.807, 2.05) is 0 Å². The Labute approximate surface area is 155 Å². The van der Waals surface area contributed by atoms with E-state index in [-0.39, 0.29) is 12.0 Å². The monoisotopic (exact) mass is 388 g/mol. The van der Waals surface area contributed by atoms with E-state index < -0.39 is 61.4 Å². The molecule has 0 radical (unpaired) electrons. The highest BCUT2D eigenvalue weighted by Gasteiger charge is 2.47. The molecule has 27 heavy (non-hydrogen) atoms. The molecule has 2 aliphatic rings. The average molecular weight is 388 g/mol. The minimum Gasteiger partial charge on any atom is -0.471 e. The van der Waals surface area contributed by atoms with Crippen LogP contribution < -0.4 is 0 Å². The normalized spacial score (nSPS) is 39.1. The minimum atomic E-state index is -1.62. The molecule has 10 nitrogen and oxygen atoms in total. The van der Waals surface area contributed by atoms with Gasteiger partial charge in [0, 0.05) is 18.3 Å². The lowest BCUT2D eigenvalue weighted by atomic mass is 9.82. The topological polar surface area (TPSA) is 152 Å². The largest absolute Gasteiger partial charge is 0.471 e. The van der Waals surface area contributed by atoms with Crippen molar-refractivity contribution in [1.29, 1.82) is 0 Å². The molecule has 0 aromatic heterocycles. The van der Waals surface area contributed by atoms with Crippen molar-refractivity contribution >= 4 is 12.3 Å². The number of aliphatic hydroxyl groups excluding tert-OH is 4. The predicted octanol–water partition coefficient (Wildman–Crippen LogP) is -1.78. The second-order valence-corrected chi connectivity index (χ2v) is 6.22. The van der Waals surface area contributed by atoms with Gasteiger partial charge >= 0.3 is 5.97 Å². The molecule has 0 aromatic rings. The molecule has 0 unspecified atom stereocenters. The maximum absolute atomic E-state index is 11.9. The second-order valence-electron chi connectivity index (χ2n) is 6.22. The van der Waals surface area contributed by atoms with Crippen LogP contribution in [0.4, 0.5) is 0 Å². The number of aldehydes is 1. The molecule has 8 atom stereocenters. The Bertz CT molecular complexity index is 574. The van der Waals surface area contributed by atoms with Gasteiger partial charge in [0.2, 0.25) is 6.29 Å². The summed E-state index contributed by atoms with van der Waals surface area (Å²) < 4.78 is 21.0. The first-order valence-electron chi connectivity index (χ1n) is 8.35. The summed E-state index contributed by atoms with van der Waals surface area (Å²) >= 11 is 0. The highest BCUT2D eigenvalue weighted by Crippen LogP contribution is 2.36. The van der Waals surface area contributed by atoms with Crippen molar-refractivity contribution < 1.29 is 49.0 Å². The molecule has 2 heterocycles. The molecule has 2 aliphatic heterocycles. The first kappa shape index (κ1) is 21.5. The fourth-order valence-corrected chi connectivity index (χ4v) is 3.13. The van der Waals surface area contributed by atoms with Gasteiger partial charge in [0.1, 0.15) is 30.7 Å². The van der Waals surface area contributed by atoms with Gasteiger partial charge in [-0.15, -0.1) is 6.58 Å². The molecule has 0 aromatic carbocycles. The van der Waals surface area contributed by atoms with Crippen LogP contribution >= 0.6 is 0 Å². The quantitative estimate of drug-likeness (QED) is 0.224. The summed E-state index contributed by atoms with van der Waals surface area (Å²) in [5.74, 6) is -1.99. The Hall–Kier alpha value is -1.82. The fraction of sp³-hybridized carbons (Fsp3) is 0.647. The lowest BCUT2D eigenvalue weighted by molar-refractivity contribution is -0.339. The van der Waals surface area contributed by atoms with Crippen LogP contribution in [0.2, 0.25) is 0 Å². The third-order valence-corrected chi connectivity index (χ3v) is 4.67. The number of rotatable bonds is 7. The Morgan fingerprint density at radius 3 is 2.52 bits per heavy atom. The van der Waals surface area contributed by atoms with Gasteiger partial charge in [-0.3, -0.25) is 0 Å². The molecule has 10 heteroatoms. The number of methoxy groups -OCH3 is 1. The smallest absolute Gasteiger partial charge is 0.337 e.